The fourth-order valence-corrected chi connectivity index (χ4v) is 2.57. The maximum atomic E-state index is 11.7. The molecule has 0 radical (unpaired) electrons. The average Bonchev–Trinajstić information content (AvgIpc) is 2.99. The van der Waals surface area contributed by atoms with Crippen molar-refractivity contribution in [3.05, 3.63) is 44.3 Å². The number of hydrogen-bond donors (Lipinski definition) is 1. The zero-order valence-corrected chi connectivity index (χ0v) is 12.0. The van der Waals surface area contributed by atoms with Crippen molar-refractivity contribution in [1.29, 1.82) is 0 Å². The molecule has 0 unspecified atom stereocenters. The molecule has 0 saturated carbocycles. The van der Waals surface area contributed by atoms with Gasteiger partial charge in [-0.25, -0.2) is 0 Å². The van der Waals surface area contributed by atoms with Crippen LogP contribution in [0, 0.1) is 6.92 Å². The van der Waals surface area contributed by atoms with Gasteiger partial charge in [-0.15, -0.1) is 22.7 Å². The van der Waals surface area contributed by atoms with Gasteiger partial charge in [0.05, 0.1) is 12.1 Å². The molecule has 0 aliphatic carbocycles. The number of nitrogens with one attached hydrogen (secondary N) is 1. The van der Waals surface area contributed by atoms with Crippen molar-refractivity contribution in [2.75, 3.05) is 0 Å². The van der Waals surface area contributed by atoms with Gasteiger partial charge in [0.15, 0.2) is 0 Å². The predicted octanol–water partition coefficient (Wildman–Crippen LogP) is 4.07. The standard InChI is InChI=1S/C11H11NOS2.C2H6/c1-8-5-9(7-15-8)11(13)12-6-10-3-2-4-14-10;1-2/h2-5,7H,6H2,1H3,(H,12,13);1-2H3. The van der Waals surface area contributed by atoms with Crippen LogP contribution in [0.15, 0.2) is 29.0 Å². The third-order valence-corrected chi connectivity index (χ3v) is 3.73. The largest absolute Gasteiger partial charge is 0.347 e. The molecule has 2 aromatic rings. The molecule has 2 aromatic heterocycles. The van der Waals surface area contributed by atoms with Crippen LogP contribution in [-0.4, -0.2) is 5.91 Å². The summed E-state index contributed by atoms with van der Waals surface area (Å²) in [6.07, 6.45) is 0. The number of carbonyl (C=O) groups is 1. The van der Waals surface area contributed by atoms with Gasteiger partial charge in [0.25, 0.3) is 5.91 Å². The molecule has 92 valence electrons. The Morgan fingerprint density at radius 3 is 2.65 bits per heavy atom. The van der Waals surface area contributed by atoms with Crippen molar-refractivity contribution in [3.8, 4) is 0 Å². The van der Waals surface area contributed by atoms with Crippen molar-refractivity contribution >= 4 is 28.6 Å². The number of thiophene rings is 2. The third kappa shape index (κ3) is 4.32. The van der Waals surface area contributed by atoms with E-state index in [1.807, 2.05) is 49.7 Å². The minimum atomic E-state index is 0.00718. The minimum absolute atomic E-state index is 0.00718. The summed E-state index contributed by atoms with van der Waals surface area (Å²) in [6.45, 7) is 6.62. The molecule has 0 spiro atoms. The molecule has 1 amide bonds. The predicted molar refractivity (Wildman–Crippen MR) is 75.9 cm³/mol. The molecule has 1 N–H and O–H groups in total. The summed E-state index contributed by atoms with van der Waals surface area (Å²) in [5, 5.41) is 6.79. The quantitative estimate of drug-likeness (QED) is 0.892. The maximum Gasteiger partial charge on any atom is 0.252 e. The van der Waals surface area contributed by atoms with E-state index >= 15 is 0 Å². The summed E-state index contributed by atoms with van der Waals surface area (Å²) >= 11 is 3.25. The molecule has 0 aromatic carbocycles. The Balaban J connectivity index is 0.000000686. The highest BCUT2D eigenvalue weighted by atomic mass is 32.1. The lowest BCUT2D eigenvalue weighted by molar-refractivity contribution is 0.0951. The Morgan fingerprint density at radius 2 is 2.12 bits per heavy atom. The van der Waals surface area contributed by atoms with E-state index in [-0.39, 0.29) is 5.91 Å². The van der Waals surface area contributed by atoms with Crippen LogP contribution in [0.5, 0.6) is 0 Å². The zero-order valence-electron chi connectivity index (χ0n) is 10.3. The number of amides is 1. The van der Waals surface area contributed by atoms with Gasteiger partial charge < -0.3 is 5.32 Å². The van der Waals surface area contributed by atoms with E-state index in [9.17, 15) is 4.79 Å². The summed E-state index contributed by atoms with van der Waals surface area (Å²) in [4.78, 5) is 14.0. The second kappa shape index (κ2) is 7.25. The van der Waals surface area contributed by atoms with Gasteiger partial charge in [0, 0.05) is 15.1 Å². The first-order chi connectivity index (χ1) is 8.25. The molecule has 2 heterocycles. The summed E-state index contributed by atoms with van der Waals surface area (Å²) in [7, 11) is 0. The second-order valence-electron chi connectivity index (χ2n) is 3.21. The van der Waals surface area contributed by atoms with Crippen LogP contribution in [0.3, 0.4) is 0 Å². The molecule has 0 bridgehead atoms. The van der Waals surface area contributed by atoms with Gasteiger partial charge >= 0.3 is 0 Å². The zero-order chi connectivity index (χ0) is 12.7. The molecule has 0 aliphatic rings. The maximum absolute atomic E-state index is 11.7. The fourth-order valence-electron chi connectivity index (χ4n) is 1.25. The highest BCUT2D eigenvalue weighted by Crippen LogP contribution is 2.13. The summed E-state index contributed by atoms with van der Waals surface area (Å²) in [5.41, 5.74) is 0.758. The molecular weight excluding hydrogens is 250 g/mol. The van der Waals surface area contributed by atoms with Crippen molar-refractivity contribution in [2.45, 2.75) is 27.3 Å². The van der Waals surface area contributed by atoms with Gasteiger partial charge in [-0.2, -0.15) is 0 Å². The van der Waals surface area contributed by atoms with E-state index in [4.69, 9.17) is 0 Å². The van der Waals surface area contributed by atoms with Crippen LogP contribution in [0.4, 0.5) is 0 Å². The van der Waals surface area contributed by atoms with Crippen molar-refractivity contribution in [2.24, 2.45) is 0 Å². The van der Waals surface area contributed by atoms with Crippen molar-refractivity contribution < 1.29 is 4.79 Å². The number of rotatable bonds is 3. The van der Waals surface area contributed by atoms with Gasteiger partial charge in [0.1, 0.15) is 0 Å². The van der Waals surface area contributed by atoms with E-state index in [1.54, 1.807) is 22.7 Å². The molecule has 0 saturated heterocycles. The molecular formula is C13H17NOS2. The molecule has 0 atom stereocenters. The Morgan fingerprint density at radius 1 is 1.35 bits per heavy atom. The molecule has 17 heavy (non-hydrogen) atoms. The molecule has 2 nitrogen and oxygen atoms in total. The highest BCUT2D eigenvalue weighted by molar-refractivity contribution is 7.10. The topological polar surface area (TPSA) is 29.1 Å². The van der Waals surface area contributed by atoms with Crippen LogP contribution in [0.25, 0.3) is 0 Å². The molecule has 2 rings (SSSR count). The first-order valence-corrected chi connectivity index (χ1v) is 7.37. The molecule has 4 heteroatoms. The Hall–Kier alpha value is -1.13. The summed E-state index contributed by atoms with van der Waals surface area (Å²) < 4.78 is 0. The Kier molecular flexibility index (Phi) is 5.94. The van der Waals surface area contributed by atoms with E-state index in [0.29, 0.717) is 6.54 Å². The van der Waals surface area contributed by atoms with Crippen molar-refractivity contribution in [1.82, 2.24) is 5.32 Å². The number of aryl methyl sites for hydroxylation is 1. The number of carbonyl (C=O) groups excluding carboxylic acids is 1. The van der Waals surface area contributed by atoms with Crippen LogP contribution in [0.2, 0.25) is 0 Å². The lowest BCUT2D eigenvalue weighted by Crippen LogP contribution is -2.21. The van der Waals surface area contributed by atoms with Crippen LogP contribution in [0.1, 0.15) is 34.0 Å². The normalized spacial score (nSPS) is 9.35. The van der Waals surface area contributed by atoms with Gasteiger partial charge in [-0.1, -0.05) is 19.9 Å². The smallest absolute Gasteiger partial charge is 0.252 e. The highest BCUT2D eigenvalue weighted by Gasteiger charge is 2.06. The summed E-state index contributed by atoms with van der Waals surface area (Å²) in [5.74, 6) is 0.00718. The Bertz CT molecular complexity index is 446. The van der Waals surface area contributed by atoms with Crippen LogP contribution in [-0.2, 0) is 6.54 Å². The number of hydrogen-bond acceptors (Lipinski definition) is 3. The first-order valence-electron chi connectivity index (χ1n) is 5.61. The van der Waals surface area contributed by atoms with E-state index < -0.39 is 0 Å². The van der Waals surface area contributed by atoms with E-state index in [1.165, 1.54) is 4.88 Å². The SMILES string of the molecule is CC.Cc1cc(C(=O)NCc2cccs2)cs1. The average molecular weight is 267 g/mol. The molecule has 0 fully saturated rings. The fraction of sp³-hybridized carbons (Fsp3) is 0.308. The van der Waals surface area contributed by atoms with Gasteiger partial charge in [-0.05, 0) is 24.4 Å². The third-order valence-electron chi connectivity index (χ3n) is 2.00. The van der Waals surface area contributed by atoms with Crippen molar-refractivity contribution in [3.63, 3.8) is 0 Å². The van der Waals surface area contributed by atoms with Crippen LogP contribution < -0.4 is 5.32 Å². The lowest BCUT2D eigenvalue weighted by Gasteiger charge is -2.00. The Labute approximate surface area is 110 Å². The van der Waals surface area contributed by atoms with Crippen LogP contribution >= 0.6 is 22.7 Å². The van der Waals surface area contributed by atoms with Gasteiger partial charge in [0.2, 0.25) is 0 Å². The van der Waals surface area contributed by atoms with Gasteiger partial charge in [-0.3, -0.25) is 4.79 Å². The van der Waals surface area contributed by atoms with E-state index in [2.05, 4.69) is 5.32 Å². The lowest BCUT2D eigenvalue weighted by atomic mass is 10.3. The first kappa shape index (κ1) is 13.9. The molecule has 0 aliphatic heterocycles. The second-order valence-corrected chi connectivity index (χ2v) is 5.36. The minimum Gasteiger partial charge on any atom is -0.347 e. The van der Waals surface area contributed by atoms with E-state index in [0.717, 1.165) is 10.4 Å². The monoisotopic (exact) mass is 267 g/mol. The summed E-state index contributed by atoms with van der Waals surface area (Å²) in [6, 6.07) is 5.92.